The van der Waals surface area contributed by atoms with E-state index in [1.807, 2.05) is 34.5 Å². The number of alkyl carbamates (subject to hydrolysis) is 1. The Kier molecular flexibility index (Phi) is 8.09. The Balaban J connectivity index is 1.37. The number of carbonyl (C=O) groups is 2. The Labute approximate surface area is 214 Å². The number of aryl methyl sites for hydroxylation is 1. The highest BCUT2D eigenvalue weighted by atomic mass is 32.1. The van der Waals surface area contributed by atoms with Gasteiger partial charge in [-0.25, -0.2) is 9.78 Å². The van der Waals surface area contributed by atoms with Crippen LogP contribution in [0.2, 0.25) is 0 Å². The SMILES string of the molecule is CCOC(=O)NC(=S)N1CCC(c2nc(C(=O)Nc3ccccc3-c3ccc(C)cc3)cs2)CC1. The number of rotatable bonds is 5. The van der Waals surface area contributed by atoms with Crippen molar-refractivity contribution in [1.29, 1.82) is 0 Å². The number of hydrogen-bond acceptors (Lipinski definition) is 6. The molecule has 1 saturated heterocycles. The van der Waals surface area contributed by atoms with Crippen molar-refractivity contribution in [2.45, 2.75) is 32.6 Å². The van der Waals surface area contributed by atoms with Gasteiger partial charge in [0.2, 0.25) is 0 Å². The molecule has 0 radical (unpaired) electrons. The molecule has 0 spiro atoms. The first-order valence-electron chi connectivity index (χ1n) is 11.6. The number of para-hydroxylation sites is 1. The van der Waals surface area contributed by atoms with Crippen LogP contribution in [-0.2, 0) is 4.74 Å². The molecule has 2 amide bonds. The number of likely N-dealkylation sites (tertiary alicyclic amines) is 1. The zero-order chi connectivity index (χ0) is 24.8. The third kappa shape index (κ3) is 6.23. The average Bonchev–Trinajstić information content (AvgIpc) is 3.36. The normalized spacial score (nSPS) is 13.8. The summed E-state index contributed by atoms with van der Waals surface area (Å²) in [4.78, 5) is 31.2. The largest absolute Gasteiger partial charge is 0.450 e. The molecule has 2 heterocycles. The first-order valence-corrected chi connectivity index (χ1v) is 12.9. The van der Waals surface area contributed by atoms with E-state index in [-0.39, 0.29) is 11.8 Å². The fourth-order valence-corrected chi connectivity index (χ4v) is 5.24. The van der Waals surface area contributed by atoms with E-state index in [4.69, 9.17) is 17.0 Å². The summed E-state index contributed by atoms with van der Waals surface area (Å²) in [5.74, 6) is 0.0346. The number of nitrogens with one attached hydrogen (secondary N) is 2. The molecular formula is C26H28N4O3S2. The number of hydrogen-bond donors (Lipinski definition) is 2. The number of thiazole rings is 1. The van der Waals surface area contributed by atoms with Crippen molar-refractivity contribution in [2.24, 2.45) is 0 Å². The molecule has 3 aromatic rings. The van der Waals surface area contributed by atoms with Gasteiger partial charge in [-0.1, -0.05) is 48.0 Å². The number of amides is 2. The molecule has 1 aromatic heterocycles. The molecule has 1 fully saturated rings. The molecular weight excluding hydrogens is 480 g/mol. The van der Waals surface area contributed by atoms with E-state index in [0.29, 0.717) is 30.5 Å². The van der Waals surface area contributed by atoms with Crippen molar-refractivity contribution in [1.82, 2.24) is 15.2 Å². The summed E-state index contributed by atoms with van der Waals surface area (Å²) in [6.07, 6.45) is 1.16. The summed E-state index contributed by atoms with van der Waals surface area (Å²) in [5, 5.41) is 8.78. The monoisotopic (exact) mass is 508 g/mol. The standard InChI is InChI=1S/C26H28N4O3S2/c1-3-33-26(32)29-25(34)30-14-12-19(13-15-30)24-28-22(16-35-24)23(31)27-21-7-5-4-6-20(21)18-10-8-17(2)9-11-18/h4-11,16,19H,3,12-15H2,1-2H3,(H,27,31)(H,29,32,34). The molecule has 35 heavy (non-hydrogen) atoms. The first-order chi connectivity index (χ1) is 16.9. The number of nitrogens with zero attached hydrogens (tertiary/aromatic N) is 2. The van der Waals surface area contributed by atoms with E-state index < -0.39 is 6.09 Å². The molecule has 0 aliphatic carbocycles. The quantitative estimate of drug-likeness (QED) is 0.438. The summed E-state index contributed by atoms with van der Waals surface area (Å²) < 4.78 is 4.89. The fraction of sp³-hybridized carbons (Fsp3) is 0.308. The van der Waals surface area contributed by atoms with E-state index in [9.17, 15) is 9.59 Å². The molecule has 2 N–H and O–H groups in total. The highest BCUT2D eigenvalue weighted by Gasteiger charge is 2.26. The van der Waals surface area contributed by atoms with E-state index in [0.717, 1.165) is 34.7 Å². The Morgan fingerprint density at radius 1 is 1.14 bits per heavy atom. The van der Waals surface area contributed by atoms with Gasteiger partial charge < -0.3 is 15.0 Å². The molecule has 182 valence electrons. The summed E-state index contributed by atoms with van der Waals surface area (Å²) in [6.45, 7) is 5.52. The fourth-order valence-electron chi connectivity index (χ4n) is 4.01. The number of thiocarbonyl (C=S) groups is 1. The molecule has 1 aliphatic rings. The number of carbonyl (C=O) groups excluding carboxylic acids is 2. The van der Waals surface area contributed by atoms with Gasteiger partial charge in [-0.15, -0.1) is 11.3 Å². The van der Waals surface area contributed by atoms with Crippen LogP contribution in [0.3, 0.4) is 0 Å². The number of aromatic nitrogens is 1. The Morgan fingerprint density at radius 2 is 1.86 bits per heavy atom. The summed E-state index contributed by atoms with van der Waals surface area (Å²) >= 11 is 6.83. The van der Waals surface area contributed by atoms with Crippen LogP contribution in [0.4, 0.5) is 10.5 Å². The van der Waals surface area contributed by atoms with Crippen molar-refractivity contribution in [3.8, 4) is 11.1 Å². The van der Waals surface area contributed by atoms with Gasteiger partial charge in [0.05, 0.1) is 11.6 Å². The summed E-state index contributed by atoms with van der Waals surface area (Å²) in [5.41, 5.74) is 4.38. The van der Waals surface area contributed by atoms with Crippen molar-refractivity contribution < 1.29 is 14.3 Å². The van der Waals surface area contributed by atoms with Crippen LogP contribution >= 0.6 is 23.6 Å². The van der Waals surface area contributed by atoms with Crippen LogP contribution in [0.5, 0.6) is 0 Å². The molecule has 0 saturated carbocycles. The minimum absolute atomic E-state index is 0.218. The van der Waals surface area contributed by atoms with Gasteiger partial charge in [0.15, 0.2) is 5.11 Å². The third-order valence-corrected chi connectivity index (χ3v) is 7.28. The smallest absolute Gasteiger partial charge is 0.413 e. The van der Waals surface area contributed by atoms with Crippen molar-refractivity contribution in [2.75, 3.05) is 25.0 Å². The molecule has 0 unspecified atom stereocenters. The predicted octanol–water partition coefficient (Wildman–Crippen LogP) is 5.58. The molecule has 7 nitrogen and oxygen atoms in total. The maximum atomic E-state index is 13.0. The second-order valence-electron chi connectivity index (χ2n) is 8.35. The van der Waals surface area contributed by atoms with Gasteiger partial charge in [0.25, 0.3) is 5.91 Å². The lowest BCUT2D eigenvalue weighted by Crippen LogP contribution is -2.46. The van der Waals surface area contributed by atoms with Gasteiger partial charge >= 0.3 is 6.09 Å². The van der Waals surface area contributed by atoms with E-state index in [2.05, 4.69) is 46.8 Å². The van der Waals surface area contributed by atoms with Crippen LogP contribution in [-0.4, -0.2) is 46.7 Å². The van der Waals surface area contributed by atoms with Crippen LogP contribution < -0.4 is 10.6 Å². The van der Waals surface area contributed by atoms with Crippen LogP contribution in [0.25, 0.3) is 11.1 Å². The van der Waals surface area contributed by atoms with Crippen LogP contribution in [0, 0.1) is 6.92 Å². The number of piperidine rings is 1. The lowest BCUT2D eigenvalue weighted by atomic mass is 9.98. The molecule has 0 bridgehead atoms. The Bertz CT molecular complexity index is 1200. The summed E-state index contributed by atoms with van der Waals surface area (Å²) in [6, 6.07) is 16.0. The van der Waals surface area contributed by atoms with Gasteiger partial charge in [0, 0.05) is 35.6 Å². The topological polar surface area (TPSA) is 83.6 Å². The maximum absolute atomic E-state index is 13.0. The third-order valence-electron chi connectivity index (χ3n) is 5.91. The van der Waals surface area contributed by atoms with E-state index in [1.54, 1.807) is 6.92 Å². The second kappa shape index (κ2) is 11.4. The number of anilines is 1. The Morgan fingerprint density at radius 3 is 2.57 bits per heavy atom. The second-order valence-corrected chi connectivity index (χ2v) is 9.63. The molecule has 1 aliphatic heterocycles. The molecule has 2 aromatic carbocycles. The molecule has 0 atom stereocenters. The predicted molar refractivity (Wildman–Crippen MR) is 143 cm³/mol. The Hall–Kier alpha value is -3.30. The highest BCUT2D eigenvalue weighted by Crippen LogP contribution is 2.32. The highest BCUT2D eigenvalue weighted by molar-refractivity contribution is 7.80. The zero-order valence-corrected chi connectivity index (χ0v) is 21.4. The minimum Gasteiger partial charge on any atom is -0.450 e. The lowest BCUT2D eigenvalue weighted by Gasteiger charge is -2.32. The van der Waals surface area contributed by atoms with Crippen LogP contribution in [0.1, 0.15) is 46.7 Å². The zero-order valence-electron chi connectivity index (χ0n) is 19.7. The van der Waals surface area contributed by atoms with Crippen LogP contribution in [0.15, 0.2) is 53.9 Å². The first kappa shape index (κ1) is 24.8. The van der Waals surface area contributed by atoms with Crippen molar-refractivity contribution in [3.63, 3.8) is 0 Å². The van der Waals surface area contributed by atoms with E-state index >= 15 is 0 Å². The molecule has 4 rings (SSSR count). The lowest BCUT2D eigenvalue weighted by molar-refractivity contribution is 0.102. The van der Waals surface area contributed by atoms with Gasteiger partial charge in [-0.05, 0) is 50.5 Å². The van der Waals surface area contributed by atoms with Gasteiger partial charge in [-0.2, -0.15) is 0 Å². The van der Waals surface area contributed by atoms with Gasteiger partial charge in [-0.3, -0.25) is 10.1 Å². The summed E-state index contributed by atoms with van der Waals surface area (Å²) in [7, 11) is 0. The van der Waals surface area contributed by atoms with Crippen molar-refractivity contribution in [3.05, 3.63) is 70.2 Å². The van der Waals surface area contributed by atoms with Crippen molar-refractivity contribution >= 4 is 46.4 Å². The number of ether oxygens (including phenoxy) is 1. The van der Waals surface area contributed by atoms with E-state index in [1.165, 1.54) is 16.9 Å². The average molecular weight is 509 g/mol. The number of benzene rings is 2. The maximum Gasteiger partial charge on any atom is 0.413 e. The molecule has 9 heteroatoms. The minimum atomic E-state index is -0.529. The van der Waals surface area contributed by atoms with Gasteiger partial charge in [0.1, 0.15) is 5.69 Å².